The number of aliphatic hydroxyl groups excluding tert-OH is 1. The lowest BCUT2D eigenvalue weighted by molar-refractivity contribution is -0.150. The molecule has 2 N–H and O–H groups in total. The van der Waals surface area contributed by atoms with Crippen LogP contribution in [0.3, 0.4) is 0 Å². The maximum atomic E-state index is 11.1. The van der Waals surface area contributed by atoms with Crippen molar-refractivity contribution in [2.45, 2.75) is 6.10 Å². The third kappa shape index (κ3) is 2.46. The topological polar surface area (TPSA) is 99.8 Å². The van der Waals surface area contributed by atoms with Gasteiger partial charge in [0.05, 0.1) is 19.8 Å². The van der Waals surface area contributed by atoms with Crippen LogP contribution in [-0.4, -0.2) is 30.4 Å². The van der Waals surface area contributed by atoms with E-state index in [1.165, 1.54) is 13.2 Å². The number of methoxy groups -OCH3 is 2. The Morgan fingerprint density at radius 3 is 2.59 bits per heavy atom. The molecule has 90 valence electrons. The molecule has 0 aliphatic rings. The van der Waals surface area contributed by atoms with Gasteiger partial charge >= 0.3 is 5.97 Å². The fourth-order valence-electron chi connectivity index (χ4n) is 1.30. The van der Waals surface area contributed by atoms with Gasteiger partial charge < -0.3 is 19.7 Å². The first kappa shape index (κ1) is 12.8. The van der Waals surface area contributed by atoms with Gasteiger partial charge in [0.15, 0.2) is 6.10 Å². The van der Waals surface area contributed by atoms with Gasteiger partial charge in [-0.1, -0.05) is 0 Å². The molecule has 1 aromatic carbocycles. The van der Waals surface area contributed by atoms with E-state index in [4.69, 9.17) is 10.00 Å². The molecule has 1 aromatic rings. The van der Waals surface area contributed by atoms with E-state index in [9.17, 15) is 15.0 Å². The van der Waals surface area contributed by atoms with E-state index in [1.807, 2.05) is 6.07 Å². The highest BCUT2D eigenvalue weighted by atomic mass is 16.5. The summed E-state index contributed by atoms with van der Waals surface area (Å²) in [6, 6.07) is 4.16. The molecule has 0 aromatic heterocycles. The number of carbonyl (C=O) groups is 1. The number of hydrogen-bond acceptors (Lipinski definition) is 6. The summed E-state index contributed by atoms with van der Waals surface area (Å²) in [4.78, 5) is 11.1. The van der Waals surface area contributed by atoms with Crippen LogP contribution < -0.4 is 4.74 Å². The number of rotatable bonds is 3. The standard InChI is InChI=1S/C11H11NO5/c1-16-9-4-8(13)7(3-6(9)5-12)10(14)11(15)17-2/h3-4,10,13-14H,1-2H3. The number of nitriles is 1. The van der Waals surface area contributed by atoms with Crippen molar-refractivity contribution in [3.05, 3.63) is 23.3 Å². The first-order valence-corrected chi connectivity index (χ1v) is 4.62. The van der Waals surface area contributed by atoms with Gasteiger partial charge in [-0.2, -0.15) is 5.26 Å². The summed E-state index contributed by atoms with van der Waals surface area (Å²) in [5.74, 6) is -1.11. The van der Waals surface area contributed by atoms with Crippen molar-refractivity contribution in [1.82, 2.24) is 0 Å². The molecule has 0 saturated carbocycles. The molecule has 0 bridgehead atoms. The molecule has 0 aliphatic heterocycles. The SMILES string of the molecule is COC(=O)C(O)c1cc(C#N)c(OC)cc1O. The Bertz CT molecular complexity index is 477. The number of aromatic hydroxyl groups is 1. The molecule has 17 heavy (non-hydrogen) atoms. The highest BCUT2D eigenvalue weighted by Gasteiger charge is 2.23. The molecular weight excluding hydrogens is 226 g/mol. The van der Waals surface area contributed by atoms with E-state index in [2.05, 4.69) is 4.74 Å². The van der Waals surface area contributed by atoms with E-state index in [0.717, 1.165) is 13.2 Å². The predicted molar refractivity (Wildman–Crippen MR) is 56.3 cm³/mol. The van der Waals surface area contributed by atoms with Crippen molar-refractivity contribution in [1.29, 1.82) is 5.26 Å². The molecule has 0 amide bonds. The van der Waals surface area contributed by atoms with E-state index >= 15 is 0 Å². The molecule has 0 aliphatic carbocycles. The van der Waals surface area contributed by atoms with Crippen LogP contribution in [0.2, 0.25) is 0 Å². The number of carbonyl (C=O) groups excluding carboxylic acids is 1. The van der Waals surface area contributed by atoms with Crippen LogP contribution in [0.1, 0.15) is 17.2 Å². The number of phenols is 1. The van der Waals surface area contributed by atoms with Gasteiger partial charge in [-0.25, -0.2) is 4.79 Å². The molecule has 0 heterocycles. The van der Waals surface area contributed by atoms with Gasteiger partial charge in [0.1, 0.15) is 17.6 Å². The Balaban J connectivity index is 3.27. The number of esters is 1. The normalized spacial score (nSPS) is 11.4. The average Bonchev–Trinajstić information content (AvgIpc) is 2.36. The van der Waals surface area contributed by atoms with Gasteiger partial charge in [-0.3, -0.25) is 0 Å². The number of nitrogens with zero attached hydrogens (tertiary/aromatic N) is 1. The van der Waals surface area contributed by atoms with E-state index in [0.29, 0.717) is 0 Å². The van der Waals surface area contributed by atoms with E-state index in [1.54, 1.807) is 0 Å². The zero-order valence-corrected chi connectivity index (χ0v) is 9.30. The summed E-state index contributed by atoms with van der Waals surface area (Å²) in [6.45, 7) is 0. The third-order valence-corrected chi connectivity index (χ3v) is 2.19. The molecule has 0 radical (unpaired) electrons. The van der Waals surface area contributed by atoms with Crippen molar-refractivity contribution in [2.24, 2.45) is 0 Å². The smallest absolute Gasteiger partial charge is 0.339 e. The molecular formula is C11H11NO5. The predicted octanol–water partition coefficient (Wildman–Crippen LogP) is 0.479. The number of hydrogen-bond donors (Lipinski definition) is 2. The van der Waals surface area contributed by atoms with Crippen molar-refractivity contribution in [3.8, 4) is 17.6 Å². The summed E-state index contributed by atoms with van der Waals surface area (Å²) in [7, 11) is 2.45. The second kappa shape index (κ2) is 5.18. The summed E-state index contributed by atoms with van der Waals surface area (Å²) < 4.78 is 9.20. The first-order chi connectivity index (χ1) is 8.04. The number of aliphatic hydroxyl groups is 1. The van der Waals surface area contributed by atoms with Crippen LogP contribution in [0.4, 0.5) is 0 Å². The highest BCUT2D eigenvalue weighted by molar-refractivity contribution is 5.77. The Kier molecular flexibility index (Phi) is 3.91. The first-order valence-electron chi connectivity index (χ1n) is 4.62. The molecule has 0 fully saturated rings. The van der Waals surface area contributed by atoms with Gasteiger partial charge in [-0.15, -0.1) is 0 Å². The van der Waals surface area contributed by atoms with Crippen molar-refractivity contribution >= 4 is 5.97 Å². The highest BCUT2D eigenvalue weighted by Crippen LogP contribution is 2.32. The molecule has 1 unspecified atom stereocenters. The molecule has 1 atom stereocenters. The minimum absolute atomic E-state index is 0.100. The molecule has 6 heteroatoms. The molecule has 1 rings (SSSR count). The lowest BCUT2D eigenvalue weighted by atomic mass is 10.0. The van der Waals surface area contributed by atoms with Gasteiger partial charge in [0.2, 0.25) is 0 Å². The summed E-state index contributed by atoms with van der Waals surface area (Å²) in [5, 5.41) is 28.0. The quantitative estimate of drug-likeness (QED) is 0.741. The zero-order valence-electron chi connectivity index (χ0n) is 9.30. The number of ether oxygens (including phenoxy) is 2. The second-order valence-corrected chi connectivity index (χ2v) is 3.15. The van der Waals surface area contributed by atoms with Crippen molar-refractivity contribution < 1.29 is 24.5 Å². The Morgan fingerprint density at radius 1 is 1.47 bits per heavy atom. The second-order valence-electron chi connectivity index (χ2n) is 3.15. The van der Waals surface area contributed by atoms with Crippen LogP contribution in [0.15, 0.2) is 12.1 Å². The van der Waals surface area contributed by atoms with Crippen LogP contribution in [0.5, 0.6) is 11.5 Å². The largest absolute Gasteiger partial charge is 0.507 e. The van der Waals surface area contributed by atoms with E-state index in [-0.39, 0.29) is 22.6 Å². The fraction of sp³-hybridized carbons (Fsp3) is 0.273. The lowest BCUT2D eigenvalue weighted by Crippen LogP contribution is -2.14. The van der Waals surface area contributed by atoms with Crippen LogP contribution >= 0.6 is 0 Å². The van der Waals surface area contributed by atoms with E-state index < -0.39 is 12.1 Å². The van der Waals surface area contributed by atoms with Crippen LogP contribution in [0.25, 0.3) is 0 Å². The summed E-state index contributed by atoms with van der Waals surface area (Å²) >= 11 is 0. The molecule has 0 spiro atoms. The van der Waals surface area contributed by atoms with Crippen molar-refractivity contribution in [2.75, 3.05) is 14.2 Å². The van der Waals surface area contributed by atoms with Crippen LogP contribution in [-0.2, 0) is 9.53 Å². The van der Waals surface area contributed by atoms with Crippen molar-refractivity contribution in [3.63, 3.8) is 0 Å². The fourth-order valence-corrected chi connectivity index (χ4v) is 1.30. The zero-order chi connectivity index (χ0) is 13.0. The Morgan fingerprint density at radius 2 is 2.12 bits per heavy atom. The third-order valence-electron chi connectivity index (χ3n) is 2.19. The van der Waals surface area contributed by atoms with Crippen LogP contribution in [0, 0.1) is 11.3 Å². The number of phenolic OH excluding ortho intramolecular Hbond substituents is 1. The van der Waals surface area contributed by atoms with Gasteiger partial charge in [0, 0.05) is 11.6 Å². The monoisotopic (exact) mass is 237 g/mol. The molecule has 6 nitrogen and oxygen atoms in total. The molecule has 0 saturated heterocycles. The summed E-state index contributed by atoms with van der Waals surface area (Å²) in [6.07, 6.45) is -1.64. The van der Waals surface area contributed by atoms with Gasteiger partial charge in [-0.05, 0) is 6.07 Å². The Hall–Kier alpha value is -2.26. The van der Waals surface area contributed by atoms with Gasteiger partial charge in [0.25, 0.3) is 0 Å². The summed E-state index contributed by atoms with van der Waals surface area (Å²) in [5.41, 5.74) is -0.00236. The number of benzene rings is 1. The minimum Gasteiger partial charge on any atom is -0.507 e. The maximum Gasteiger partial charge on any atom is 0.339 e. The maximum absolute atomic E-state index is 11.1. The minimum atomic E-state index is -1.64. The average molecular weight is 237 g/mol. The Labute approximate surface area is 97.6 Å². The lowest BCUT2D eigenvalue weighted by Gasteiger charge is -2.12.